The Morgan fingerprint density at radius 1 is 1.41 bits per heavy atom. The van der Waals surface area contributed by atoms with Crippen LogP contribution in [0.15, 0.2) is 40.7 Å². The lowest BCUT2D eigenvalue weighted by atomic mass is 10.2. The van der Waals surface area contributed by atoms with Crippen LogP contribution in [0.5, 0.6) is 0 Å². The van der Waals surface area contributed by atoms with Crippen LogP contribution in [0.25, 0.3) is 0 Å². The average molecular weight is 247 g/mol. The maximum Gasteiger partial charge on any atom is 0.271 e. The number of non-ortho nitro benzene ring substituents is 1. The molecule has 2 rings (SSSR count). The highest BCUT2D eigenvalue weighted by atomic mass is 32.1. The van der Waals surface area contributed by atoms with E-state index < -0.39 is 4.92 Å². The van der Waals surface area contributed by atoms with E-state index in [9.17, 15) is 10.1 Å². The molecular weight excluding hydrogens is 238 g/mol. The average Bonchev–Trinajstić information content (AvgIpc) is 2.80. The lowest BCUT2D eigenvalue weighted by molar-refractivity contribution is -0.384. The zero-order valence-electron chi connectivity index (χ0n) is 8.74. The van der Waals surface area contributed by atoms with Gasteiger partial charge in [0.15, 0.2) is 0 Å². The first-order valence-electron chi connectivity index (χ1n) is 4.78. The molecule has 0 aliphatic heterocycles. The van der Waals surface area contributed by atoms with Crippen LogP contribution in [0.4, 0.5) is 17.1 Å². The van der Waals surface area contributed by atoms with Crippen molar-refractivity contribution < 1.29 is 4.92 Å². The summed E-state index contributed by atoms with van der Waals surface area (Å²) in [5.41, 5.74) is 6.51. The molecule has 0 aliphatic rings. The van der Waals surface area contributed by atoms with Crippen LogP contribution >= 0.6 is 11.3 Å². The van der Waals surface area contributed by atoms with E-state index in [2.05, 4.69) is 4.99 Å². The molecule has 0 saturated carbocycles. The van der Waals surface area contributed by atoms with Crippen molar-refractivity contribution in [2.75, 3.05) is 5.73 Å². The zero-order chi connectivity index (χ0) is 12.3. The number of hydrogen-bond acceptors (Lipinski definition) is 5. The van der Waals surface area contributed by atoms with E-state index in [4.69, 9.17) is 5.73 Å². The van der Waals surface area contributed by atoms with Crippen LogP contribution < -0.4 is 5.73 Å². The number of rotatable bonds is 3. The molecule has 0 bridgehead atoms. The first-order chi connectivity index (χ1) is 8.16. The topological polar surface area (TPSA) is 81.5 Å². The lowest BCUT2D eigenvalue weighted by Crippen LogP contribution is -1.90. The number of hydrogen-bond donors (Lipinski definition) is 1. The number of thiophene rings is 1. The van der Waals surface area contributed by atoms with E-state index >= 15 is 0 Å². The van der Waals surface area contributed by atoms with Crippen LogP contribution in [0.2, 0.25) is 0 Å². The molecule has 0 unspecified atom stereocenters. The van der Waals surface area contributed by atoms with Crippen LogP contribution in [0, 0.1) is 10.1 Å². The highest BCUT2D eigenvalue weighted by Gasteiger charge is 2.07. The molecule has 86 valence electrons. The van der Waals surface area contributed by atoms with E-state index in [0.717, 1.165) is 4.88 Å². The van der Waals surface area contributed by atoms with E-state index in [1.165, 1.54) is 29.5 Å². The summed E-state index contributed by atoms with van der Waals surface area (Å²) in [4.78, 5) is 15.3. The third-order valence-electron chi connectivity index (χ3n) is 2.10. The second-order valence-corrected chi connectivity index (χ2v) is 4.25. The minimum Gasteiger partial charge on any atom is -0.397 e. The molecule has 0 radical (unpaired) electrons. The molecule has 1 aromatic heterocycles. The van der Waals surface area contributed by atoms with Crippen LogP contribution in [0.1, 0.15) is 4.88 Å². The minimum absolute atomic E-state index is 0.0162. The Labute approximate surface area is 101 Å². The van der Waals surface area contributed by atoms with Crippen molar-refractivity contribution in [1.82, 2.24) is 0 Å². The first kappa shape index (κ1) is 11.3. The second kappa shape index (κ2) is 4.75. The number of nitrogens with two attached hydrogens (primary N) is 1. The van der Waals surface area contributed by atoms with E-state index in [-0.39, 0.29) is 5.69 Å². The Bertz CT molecular complexity index is 564. The third kappa shape index (κ3) is 2.67. The van der Waals surface area contributed by atoms with E-state index in [1.807, 2.05) is 17.5 Å². The molecule has 0 aliphatic carbocycles. The molecule has 1 aromatic carbocycles. The van der Waals surface area contributed by atoms with Gasteiger partial charge in [0, 0.05) is 23.2 Å². The van der Waals surface area contributed by atoms with Gasteiger partial charge in [-0.05, 0) is 17.5 Å². The minimum atomic E-state index is -0.469. The monoisotopic (exact) mass is 247 g/mol. The van der Waals surface area contributed by atoms with E-state index in [0.29, 0.717) is 11.4 Å². The predicted octanol–water partition coefficient (Wildman–Crippen LogP) is 2.99. The molecule has 6 heteroatoms. The second-order valence-electron chi connectivity index (χ2n) is 3.27. The van der Waals surface area contributed by atoms with Gasteiger partial charge in [0.05, 0.1) is 16.3 Å². The Kier molecular flexibility index (Phi) is 3.15. The smallest absolute Gasteiger partial charge is 0.271 e. The van der Waals surface area contributed by atoms with Gasteiger partial charge in [0.25, 0.3) is 5.69 Å². The zero-order valence-corrected chi connectivity index (χ0v) is 9.55. The lowest BCUT2D eigenvalue weighted by Gasteiger charge is -1.98. The molecule has 5 nitrogen and oxygen atoms in total. The largest absolute Gasteiger partial charge is 0.397 e. The molecular formula is C11H9N3O2S. The molecule has 17 heavy (non-hydrogen) atoms. The number of nitrogens with zero attached hydrogens (tertiary/aromatic N) is 2. The Morgan fingerprint density at radius 2 is 2.24 bits per heavy atom. The van der Waals surface area contributed by atoms with Crippen molar-refractivity contribution in [3.8, 4) is 0 Å². The number of aliphatic imine (C=N–C) groups is 1. The summed E-state index contributed by atoms with van der Waals surface area (Å²) in [5.74, 6) is 0. The van der Waals surface area contributed by atoms with Crippen LogP contribution in [0.3, 0.4) is 0 Å². The maximum atomic E-state index is 10.6. The number of nitrogen functional groups attached to an aromatic ring is 1. The molecule has 0 fully saturated rings. The first-order valence-corrected chi connectivity index (χ1v) is 5.66. The molecule has 0 amide bonds. The third-order valence-corrected chi connectivity index (χ3v) is 2.91. The van der Waals surface area contributed by atoms with Gasteiger partial charge in [0.1, 0.15) is 0 Å². The standard InChI is InChI=1S/C11H9N3O2S/c12-10-4-3-8(14(15)16)6-11(10)13-7-9-2-1-5-17-9/h1-7H,12H2. The number of nitro benzene ring substituents is 1. The Morgan fingerprint density at radius 3 is 2.88 bits per heavy atom. The molecule has 0 spiro atoms. The van der Waals surface area contributed by atoms with Gasteiger partial charge in [-0.3, -0.25) is 15.1 Å². The fourth-order valence-electron chi connectivity index (χ4n) is 1.26. The van der Waals surface area contributed by atoms with Gasteiger partial charge in [-0.2, -0.15) is 0 Å². The van der Waals surface area contributed by atoms with Gasteiger partial charge >= 0.3 is 0 Å². The maximum absolute atomic E-state index is 10.6. The highest BCUT2D eigenvalue weighted by molar-refractivity contribution is 7.11. The predicted molar refractivity (Wildman–Crippen MR) is 69.1 cm³/mol. The summed E-state index contributed by atoms with van der Waals surface area (Å²) >= 11 is 1.53. The summed E-state index contributed by atoms with van der Waals surface area (Å²) in [6.45, 7) is 0. The SMILES string of the molecule is Nc1ccc([N+](=O)[O-])cc1N=Cc1cccs1. The van der Waals surface area contributed by atoms with Crippen molar-refractivity contribution in [1.29, 1.82) is 0 Å². The highest BCUT2D eigenvalue weighted by Crippen LogP contribution is 2.27. The normalized spacial score (nSPS) is 10.8. The fraction of sp³-hybridized carbons (Fsp3) is 0. The molecule has 2 aromatic rings. The van der Waals surface area contributed by atoms with Gasteiger partial charge in [-0.1, -0.05) is 6.07 Å². The number of benzene rings is 1. The van der Waals surface area contributed by atoms with Crippen molar-refractivity contribution in [2.45, 2.75) is 0 Å². The summed E-state index contributed by atoms with van der Waals surface area (Å²) < 4.78 is 0. The van der Waals surface area contributed by atoms with Crippen molar-refractivity contribution in [2.24, 2.45) is 4.99 Å². The summed E-state index contributed by atoms with van der Waals surface area (Å²) in [6.07, 6.45) is 1.64. The molecule has 0 atom stereocenters. The summed E-state index contributed by atoms with van der Waals surface area (Å²) in [6, 6.07) is 8.02. The van der Waals surface area contributed by atoms with Gasteiger partial charge < -0.3 is 5.73 Å². The number of anilines is 1. The number of nitro groups is 1. The molecule has 2 N–H and O–H groups in total. The quantitative estimate of drug-likeness (QED) is 0.392. The van der Waals surface area contributed by atoms with Crippen LogP contribution in [-0.2, 0) is 0 Å². The van der Waals surface area contributed by atoms with Crippen molar-refractivity contribution in [3.63, 3.8) is 0 Å². The van der Waals surface area contributed by atoms with E-state index in [1.54, 1.807) is 6.21 Å². The summed E-state index contributed by atoms with van der Waals surface area (Å²) in [7, 11) is 0. The van der Waals surface area contributed by atoms with Gasteiger partial charge in [0.2, 0.25) is 0 Å². The molecule has 0 saturated heterocycles. The van der Waals surface area contributed by atoms with Gasteiger partial charge in [-0.25, -0.2) is 0 Å². The van der Waals surface area contributed by atoms with Crippen molar-refractivity contribution in [3.05, 3.63) is 50.7 Å². The van der Waals surface area contributed by atoms with Crippen LogP contribution in [-0.4, -0.2) is 11.1 Å². The Balaban J connectivity index is 2.31. The molecule has 1 heterocycles. The Hall–Kier alpha value is -2.21. The summed E-state index contributed by atoms with van der Waals surface area (Å²) in [5, 5.41) is 12.5. The fourth-order valence-corrected chi connectivity index (χ4v) is 1.84. The van der Waals surface area contributed by atoms with Gasteiger partial charge in [-0.15, -0.1) is 11.3 Å². The van der Waals surface area contributed by atoms with Crippen molar-refractivity contribution >= 4 is 34.6 Å².